The molecule has 100 valence electrons. The minimum Gasteiger partial charge on any atom is -0.356 e. The zero-order valence-corrected chi connectivity index (χ0v) is 11.4. The average molecular weight is 285 g/mol. The number of hydrogen-bond donors (Lipinski definition) is 1. The lowest BCUT2D eigenvalue weighted by Crippen LogP contribution is -1.99. The normalized spacial score (nSPS) is 10.4. The summed E-state index contributed by atoms with van der Waals surface area (Å²) >= 11 is 1.30. The number of anilines is 1. The molecule has 0 unspecified atom stereocenters. The Morgan fingerprint density at radius 3 is 2.70 bits per heavy atom. The molecule has 1 aromatic heterocycles. The highest BCUT2D eigenvalue weighted by atomic mass is 32.1. The molecule has 0 aliphatic rings. The zero-order chi connectivity index (χ0) is 13.8. The molecule has 3 aromatic rings. The SMILES string of the molecule is Fc1cccc(CNc2nc(-c3ccccc3)ns2)c1. The van der Waals surface area contributed by atoms with Gasteiger partial charge in [0.2, 0.25) is 5.13 Å². The summed E-state index contributed by atoms with van der Waals surface area (Å²) in [6, 6.07) is 16.3. The Balaban J connectivity index is 1.69. The molecule has 0 spiro atoms. The van der Waals surface area contributed by atoms with Crippen LogP contribution in [-0.2, 0) is 6.54 Å². The van der Waals surface area contributed by atoms with Gasteiger partial charge in [0.05, 0.1) is 0 Å². The fourth-order valence-corrected chi connectivity index (χ4v) is 2.41. The van der Waals surface area contributed by atoms with Crippen molar-refractivity contribution < 1.29 is 4.39 Å². The summed E-state index contributed by atoms with van der Waals surface area (Å²) < 4.78 is 17.4. The topological polar surface area (TPSA) is 37.8 Å². The van der Waals surface area contributed by atoms with Gasteiger partial charge in [-0.1, -0.05) is 42.5 Å². The first kappa shape index (κ1) is 12.7. The molecule has 0 fully saturated rings. The molecule has 1 heterocycles. The summed E-state index contributed by atoms with van der Waals surface area (Å²) in [4.78, 5) is 4.42. The molecule has 2 aromatic carbocycles. The molecule has 0 saturated heterocycles. The van der Waals surface area contributed by atoms with E-state index in [2.05, 4.69) is 14.7 Å². The van der Waals surface area contributed by atoms with Crippen molar-refractivity contribution in [2.24, 2.45) is 0 Å². The van der Waals surface area contributed by atoms with Gasteiger partial charge in [-0.3, -0.25) is 0 Å². The van der Waals surface area contributed by atoms with Gasteiger partial charge in [0, 0.05) is 23.6 Å². The molecule has 0 amide bonds. The van der Waals surface area contributed by atoms with Gasteiger partial charge in [-0.25, -0.2) is 4.39 Å². The van der Waals surface area contributed by atoms with Gasteiger partial charge in [-0.2, -0.15) is 9.36 Å². The Kier molecular flexibility index (Phi) is 3.69. The molecule has 0 saturated carbocycles. The number of hydrogen-bond acceptors (Lipinski definition) is 4. The van der Waals surface area contributed by atoms with Crippen LogP contribution in [0.25, 0.3) is 11.4 Å². The Hall–Kier alpha value is -2.27. The van der Waals surface area contributed by atoms with E-state index in [-0.39, 0.29) is 5.82 Å². The molecule has 0 bridgehead atoms. The highest BCUT2D eigenvalue weighted by Gasteiger charge is 2.05. The Morgan fingerprint density at radius 1 is 1.05 bits per heavy atom. The molecule has 0 aliphatic heterocycles. The molecule has 0 atom stereocenters. The minimum atomic E-state index is -0.230. The van der Waals surface area contributed by atoms with Crippen LogP contribution in [0, 0.1) is 5.82 Å². The largest absolute Gasteiger partial charge is 0.356 e. The van der Waals surface area contributed by atoms with Crippen molar-refractivity contribution in [2.45, 2.75) is 6.54 Å². The van der Waals surface area contributed by atoms with Crippen molar-refractivity contribution in [3.63, 3.8) is 0 Å². The predicted molar refractivity (Wildman–Crippen MR) is 79.1 cm³/mol. The van der Waals surface area contributed by atoms with E-state index in [0.717, 1.165) is 16.3 Å². The van der Waals surface area contributed by atoms with E-state index < -0.39 is 0 Å². The van der Waals surface area contributed by atoms with Gasteiger partial charge in [0.25, 0.3) is 0 Å². The number of halogens is 1. The van der Waals surface area contributed by atoms with Crippen molar-refractivity contribution in [3.8, 4) is 11.4 Å². The van der Waals surface area contributed by atoms with Crippen LogP contribution in [0.2, 0.25) is 0 Å². The maximum atomic E-state index is 13.1. The van der Waals surface area contributed by atoms with Gasteiger partial charge in [0.1, 0.15) is 5.82 Å². The Labute approximate surface area is 120 Å². The van der Waals surface area contributed by atoms with Crippen LogP contribution in [-0.4, -0.2) is 9.36 Å². The van der Waals surface area contributed by atoms with Crippen molar-refractivity contribution in [2.75, 3.05) is 5.32 Å². The molecular formula is C15H12FN3S. The van der Waals surface area contributed by atoms with Crippen LogP contribution in [0.15, 0.2) is 54.6 Å². The van der Waals surface area contributed by atoms with E-state index >= 15 is 0 Å². The van der Waals surface area contributed by atoms with Crippen molar-refractivity contribution in [3.05, 3.63) is 66.0 Å². The van der Waals surface area contributed by atoms with E-state index in [1.165, 1.54) is 23.7 Å². The summed E-state index contributed by atoms with van der Waals surface area (Å²) in [7, 11) is 0. The number of benzene rings is 2. The highest BCUT2D eigenvalue weighted by molar-refractivity contribution is 7.09. The molecule has 5 heteroatoms. The van der Waals surface area contributed by atoms with E-state index in [9.17, 15) is 4.39 Å². The van der Waals surface area contributed by atoms with Gasteiger partial charge in [-0.05, 0) is 17.7 Å². The zero-order valence-electron chi connectivity index (χ0n) is 10.6. The third-order valence-corrected chi connectivity index (χ3v) is 3.46. The fourth-order valence-electron chi connectivity index (χ4n) is 1.82. The summed E-state index contributed by atoms with van der Waals surface area (Å²) in [6.45, 7) is 0.529. The number of nitrogens with zero attached hydrogens (tertiary/aromatic N) is 2. The number of nitrogens with one attached hydrogen (secondary N) is 1. The second-order valence-corrected chi connectivity index (χ2v) is 5.02. The lowest BCUT2D eigenvalue weighted by molar-refractivity contribution is 0.626. The lowest BCUT2D eigenvalue weighted by atomic mass is 10.2. The standard InChI is InChI=1S/C15H12FN3S/c16-13-8-4-5-11(9-13)10-17-15-18-14(19-20-15)12-6-2-1-3-7-12/h1-9H,10H2,(H,17,18,19). The van der Waals surface area contributed by atoms with Gasteiger partial charge in [-0.15, -0.1) is 0 Å². The first-order chi connectivity index (χ1) is 9.81. The minimum absolute atomic E-state index is 0.230. The fraction of sp³-hybridized carbons (Fsp3) is 0.0667. The first-order valence-corrected chi connectivity index (χ1v) is 6.96. The van der Waals surface area contributed by atoms with Crippen LogP contribution in [0.4, 0.5) is 9.52 Å². The van der Waals surface area contributed by atoms with E-state index in [0.29, 0.717) is 12.4 Å². The first-order valence-electron chi connectivity index (χ1n) is 6.19. The van der Waals surface area contributed by atoms with E-state index in [4.69, 9.17) is 0 Å². The van der Waals surface area contributed by atoms with Crippen LogP contribution >= 0.6 is 11.5 Å². The van der Waals surface area contributed by atoms with Crippen LogP contribution in [0.3, 0.4) is 0 Å². The number of rotatable bonds is 4. The second kappa shape index (κ2) is 5.79. The van der Waals surface area contributed by atoms with Crippen molar-refractivity contribution >= 4 is 16.7 Å². The maximum Gasteiger partial charge on any atom is 0.203 e. The maximum absolute atomic E-state index is 13.1. The number of aromatic nitrogens is 2. The summed E-state index contributed by atoms with van der Waals surface area (Å²) in [5.74, 6) is 0.476. The van der Waals surface area contributed by atoms with Crippen LogP contribution in [0.5, 0.6) is 0 Å². The Morgan fingerprint density at radius 2 is 1.90 bits per heavy atom. The van der Waals surface area contributed by atoms with Crippen LogP contribution < -0.4 is 5.32 Å². The van der Waals surface area contributed by atoms with Gasteiger partial charge >= 0.3 is 0 Å². The highest BCUT2D eigenvalue weighted by Crippen LogP contribution is 2.21. The van der Waals surface area contributed by atoms with Crippen LogP contribution in [0.1, 0.15) is 5.56 Å². The average Bonchev–Trinajstić information content (AvgIpc) is 2.95. The smallest absolute Gasteiger partial charge is 0.203 e. The molecular weight excluding hydrogens is 273 g/mol. The predicted octanol–water partition coefficient (Wildman–Crippen LogP) is 3.96. The second-order valence-electron chi connectivity index (χ2n) is 4.27. The van der Waals surface area contributed by atoms with E-state index in [1.54, 1.807) is 6.07 Å². The quantitative estimate of drug-likeness (QED) is 0.788. The molecule has 3 rings (SSSR count). The molecule has 20 heavy (non-hydrogen) atoms. The summed E-state index contributed by atoms with van der Waals surface area (Å²) in [5, 5.41) is 3.89. The molecule has 0 aliphatic carbocycles. The monoisotopic (exact) mass is 285 g/mol. The molecule has 1 N–H and O–H groups in total. The third kappa shape index (κ3) is 3.00. The van der Waals surface area contributed by atoms with Crippen molar-refractivity contribution in [1.82, 2.24) is 9.36 Å². The Bertz CT molecular complexity index is 697. The third-order valence-electron chi connectivity index (χ3n) is 2.79. The lowest BCUT2D eigenvalue weighted by Gasteiger charge is -2.02. The van der Waals surface area contributed by atoms with Gasteiger partial charge < -0.3 is 5.32 Å². The summed E-state index contributed by atoms with van der Waals surface area (Å²) in [6.07, 6.45) is 0. The molecule has 3 nitrogen and oxygen atoms in total. The van der Waals surface area contributed by atoms with E-state index in [1.807, 2.05) is 36.4 Å². The van der Waals surface area contributed by atoms with Gasteiger partial charge in [0.15, 0.2) is 5.82 Å². The van der Waals surface area contributed by atoms with Crippen molar-refractivity contribution in [1.29, 1.82) is 0 Å². The summed E-state index contributed by atoms with van der Waals surface area (Å²) in [5.41, 5.74) is 1.86. The molecule has 0 radical (unpaired) electrons.